The fourth-order valence-electron chi connectivity index (χ4n) is 5.48. The Morgan fingerprint density at radius 1 is 0.759 bits per heavy atom. The largest absolute Gasteiger partial charge is 0.492 e. The molecule has 0 aliphatic heterocycles. The summed E-state index contributed by atoms with van der Waals surface area (Å²) in [5.74, 6) is -1.00. The van der Waals surface area contributed by atoms with Crippen molar-refractivity contribution in [1.29, 1.82) is 0 Å². The zero-order valence-corrected chi connectivity index (χ0v) is 33.5. The quantitative estimate of drug-likeness (QED) is 0.0344. The molecule has 16 heteroatoms. The van der Waals surface area contributed by atoms with E-state index < -0.39 is 38.0 Å². The van der Waals surface area contributed by atoms with Crippen molar-refractivity contribution in [1.82, 2.24) is 9.80 Å². The van der Waals surface area contributed by atoms with Gasteiger partial charge in [0, 0.05) is 54.1 Å². The molecule has 0 fully saturated rings. The van der Waals surface area contributed by atoms with Crippen molar-refractivity contribution in [2.45, 2.75) is 53.9 Å². The molecule has 0 spiro atoms. The van der Waals surface area contributed by atoms with Gasteiger partial charge < -0.3 is 23.9 Å². The first kappa shape index (κ1) is 46.0. The van der Waals surface area contributed by atoms with E-state index in [1.807, 2.05) is 13.8 Å². The number of carbonyl (C=O) groups is 7. The second-order valence-corrected chi connectivity index (χ2v) is 13.1. The average Bonchev–Trinajstić information content (AvgIpc) is 3.21. The maximum atomic E-state index is 13.7. The van der Waals surface area contributed by atoms with Crippen LogP contribution in [-0.2, 0) is 28.6 Å². The van der Waals surface area contributed by atoms with Crippen molar-refractivity contribution in [2.24, 2.45) is 0 Å². The lowest BCUT2D eigenvalue weighted by Crippen LogP contribution is -2.42. The van der Waals surface area contributed by atoms with E-state index in [0.29, 0.717) is 77.4 Å². The van der Waals surface area contributed by atoms with E-state index in [2.05, 4.69) is 17.2 Å². The SMILES string of the molecule is C=COCC(=O)N(OCC=O)c1ccc(C)c(NC(=O)OCN(CCN(CCC)C(=O)c2cc(C=O)ccc2C)COC(=O)Nc2cc(C(=O)CCC)ccc2C)c1. The van der Waals surface area contributed by atoms with Crippen molar-refractivity contribution in [2.75, 3.05) is 62.0 Å². The predicted molar refractivity (Wildman–Crippen MR) is 217 cm³/mol. The lowest BCUT2D eigenvalue weighted by molar-refractivity contribution is -0.130. The average molecular weight is 802 g/mol. The van der Waals surface area contributed by atoms with E-state index in [-0.39, 0.29) is 42.9 Å². The molecule has 0 atom stereocenters. The Hall–Kier alpha value is -6.39. The summed E-state index contributed by atoms with van der Waals surface area (Å²) in [6.45, 7) is 11.5. The second-order valence-electron chi connectivity index (χ2n) is 13.1. The molecule has 0 heterocycles. The number of hydrogen-bond donors (Lipinski definition) is 2. The summed E-state index contributed by atoms with van der Waals surface area (Å²) in [5.41, 5.74) is 4.01. The molecule has 3 aromatic rings. The van der Waals surface area contributed by atoms with Crippen molar-refractivity contribution in [3.05, 3.63) is 101 Å². The minimum absolute atomic E-state index is 0.0585. The maximum Gasteiger partial charge on any atom is 0.412 e. The number of hydroxylamine groups is 1. The molecule has 2 N–H and O–H groups in total. The fourth-order valence-corrected chi connectivity index (χ4v) is 5.48. The van der Waals surface area contributed by atoms with E-state index in [1.165, 1.54) is 17.0 Å². The topological polar surface area (TPSA) is 190 Å². The molecule has 4 amide bonds. The number of ketones is 1. The molecular formula is C42H51N5O11. The van der Waals surface area contributed by atoms with Crippen LogP contribution in [0.4, 0.5) is 26.7 Å². The van der Waals surface area contributed by atoms with Crippen molar-refractivity contribution >= 4 is 59.4 Å². The number of aldehydes is 2. The number of benzene rings is 3. The smallest absolute Gasteiger partial charge is 0.412 e. The zero-order chi connectivity index (χ0) is 42.6. The van der Waals surface area contributed by atoms with E-state index in [0.717, 1.165) is 11.3 Å². The number of nitrogens with one attached hydrogen (secondary N) is 2. The first-order chi connectivity index (χ1) is 27.8. The van der Waals surface area contributed by atoms with Crippen LogP contribution in [0, 0.1) is 20.8 Å². The third kappa shape index (κ3) is 14.0. The molecule has 0 aromatic heterocycles. The lowest BCUT2D eigenvalue weighted by atomic mass is 10.0. The van der Waals surface area contributed by atoms with Crippen LogP contribution in [0.25, 0.3) is 0 Å². The van der Waals surface area contributed by atoms with E-state index >= 15 is 0 Å². The highest BCUT2D eigenvalue weighted by molar-refractivity contribution is 5.99. The number of amides is 4. The highest BCUT2D eigenvalue weighted by atomic mass is 16.7. The number of anilines is 3. The minimum Gasteiger partial charge on any atom is -0.492 e. The van der Waals surface area contributed by atoms with Gasteiger partial charge in [-0.2, -0.15) is 5.06 Å². The Morgan fingerprint density at radius 2 is 1.40 bits per heavy atom. The van der Waals surface area contributed by atoms with Gasteiger partial charge in [0.25, 0.3) is 11.8 Å². The Kier molecular flexibility index (Phi) is 18.7. The van der Waals surface area contributed by atoms with Crippen LogP contribution in [0.15, 0.2) is 67.4 Å². The summed E-state index contributed by atoms with van der Waals surface area (Å²) in [6.07, 6.45) is 2.15. The Bertz CT molecular complexity index is 1950. The molecule has 58 heavy (non-hydrogen) atoms. The number of Topliss-reactive ketones (excluding diaryl/α,β-unsaturated/α-hetero) is 1. The number of nitrogens with zero attached hydrogens (tertiary/aromatic N) is 3. The highest BCUT2D eigenvalue weighted by Crippen LogP contribution is 2.25. The van der Waals surface area contributed by atoms with E-state index in [1.54, 1.807) is 68.1 Å². The summed E-state index contributed by atoms with van der Waals surface area (Å²) < 4.78 is 16.0. The van der Waals surface area contributed by atoms with Gasteiger partial charge in [-0.1, -0.05) is 50.8 Å². The highest BCUT2D eigenvalue weighted by Gasteiger charge is 2.22. The van der Waals surface area contributed by atoms with Crippen LogP contribution in [0.5, 0.6) is 0 Å². The summed E-state index contributed by atoms with van der Waals surface area (Å²) in [5, 5.41) is 6.16. The van der Waals surface area contributed by atoms with E-state index in [4.69, 9.17) is 19.0 Å². The fraction of sp³-hybridized carbons (Fsp3) is 0.357. The molecule has 3 aromatic carbocycles. The lowest BCUT2D eigenvalue weighted by Gasteiger charge is -2.28. The number of ether oxygens (including phenoxy) is 3. The normalized spacial score (nSPS) is 10.6. The van der Waals surface area contributed by atoms with Crippen LogP contribution >= 0.6 is 0 Å². The first-order valence-electron chi connectivity index (χ1n) is 18.7. The van der Waals surface area contributed by atoms with Gasteiger partial charge in [0.1, 0.15) is 32.6 Å². The molecule has 0 radical (unpaired) electrons. The minimum atomic E-state index is -0.900. The molecule has 16 nitrogen and oxygen atoms in total. The third-order valence-electron chi connectivity index (χ3n) is 8.64. The maximum absolute atomic E-state index is 13.7. The number of aryl methyl sites for hydroxylation is 3. The number of rotatable bonds is 23. The van der Waals surface area contributed by atoms with Gasteiger partial charge in [0.15, 0.2) is 12.4 Å². The second kappa shape index (κ2) is 23.6. The summed E-state index contributed by atoms with van der Waals surface area (Å²) in [6, 6.07) is 14.5. The van der Waals surface area contributed by atoms with Crippen molar-refractivity contribution < 1.29 is 52.6 Å². The van der Waals surface area contributed by atoms with Gasteiger partial charge in [0.05, 0.1) is 11.9 Å². The van der Waals surface area contributed by atoms with Crippen molar-refractivity contribution in [3.8, 4) is 0 Å². The summed E-state index contributed by atoms with van der Waals surface area (Å²) in [7, 11) is 0. The Labute approximate surface area is 338 Å². The van der Waals surface area contributed by atoms with Crippen LogP contribution in [0.3, 0.4) is 0 Å². The Balaban J connectivity index is 1.80. The molecule has 0 saturated carbocycles. The molecule has 0 bridgehead atoms. The summed E-state index contributed by atoms with van der Waals surface area (Å²) in [4.78, 5) is 96.0. The van der Waals surface area contributed by atoms with Crippen molar-refractivity contribution in [3.63, 3.8) is 0 Å². The molecule has 3 rings (SSSR count). The summed E-state index contributed by atoms with van der Waals surface area (Å²) >= 11 is 0. The van der Waals surface area contributed by atoms with Crippen LogP contribution < -0.4 is 15.7 Å². The van der Waals surface area contributed by atoms with Crippen LogP contribution in [0.1, 0.15) is 80.9 Å². The number of carbonyl (C=O) groups excluding carboxylic acids is 7. The number of hydrogen-bond acceptors (Lipinski definition) is 12. The van der Waals surface area contributed by atoms with Crippen LogP contribution in [-0.4, -0.2) is 98.5 Å². The van der Waals surface area contributed by atoms with Gasteiger partial charge in [-0.15, -0.1) is 0 Å². The first-order valence-corrected chi connectivity index (χ1v) is 18.7. The van der Waals surface area contributed by atoms with Gasteiger partial charge >= 0.3 is 12.2 Å². The third-order valence-corrected chi connectivity index (χ3v) is 8.64. The monoisotopic (exact) mass is 801 g/mol. The molecule has 0 aliphatic rings. The Morgan fingerprint density at radius 3 is 2.00 bits per heavy atom. The van der Waals surface area contributed by atoms with Gasteiger partial charge in [-0.3, -0.25) is 34.6 Å². The van der Waals surface area contributed by atoms with Gasteiger partial charge in [0.2, 0.25) is 0 Å². The molecule has 0 unspecified atom stereocenters. The van der Waals surface area contributed by atoms with E-state index in [9.17, 15) is 33.6 Å². The molecule has 0 aliphatic carbocycles. The molecular weight excluding hydrogens is 750 g/mol. The molecule has 0 saturated heterocycles. The van der Waals surface area contributed by atoms with Gasteiger partial charge in [-0.25, -0.2) is 14.5 Å². The van der Waals surface area contributed by atoms with Crippen LogP contribution in [0.2, 0.25) is 0 Å². The van der Waals surface area contributed by atoms with Gasteiger partial charge in [-0.05, 0) is 74.6 Å². The zero-order valence-electron chi connectivity index (χ0n) is 33.5. The standard InChI is InChI=1S/C42H51N5O11/c1-7-10-38(50)33-15-12-30(5)36(23-33)43-41(53)56-27-45(18-19-46(17-8-2)40(52)35-22-32(25-49)14-11-29(35)4)28-57-42(54)44-37-24-34(16-13-31(37)6)47(58-21-20-48)39(51)26-55-9-3/h9,11-16,20,22-25H,3,7-8,10,17-19,21,26-28H2,1-2,4-6H3,(H,43,53)(H,44,54). The molecule has 310 valence electrons. The predicted octanol–water partition coefficient (Wildman–Crippen LogP) is 6.60.